The number of anilines is 1. The van der Waals surface area contributed by atoms with Crippen molar-refractivity contribution in [3.8, 4) is 10.6 Å². The average Bonchev–Trinajstić information content (AvgIpc) is 3.01. The van der Waals surface area contributed by atoms with Gasteiger partial charge in [-0.2, -0.15) is 0 Å². The molecule has 8 nitrogen and oxygen atoms in total. The summed E-state index contributed by atoms with van der Waals surface area (Å²) in [6.45, 7) is -0.420. The summed E-state index contributed by atoms with van der Waals surface area (Å²) in [5.74, 6) is 0. The van der Waals surface area contributed by atoms with Crippen molar-refractivity contribution < 1.29 is 17.9 Å². The van der Waals surface area contributed by atoms with Crippen LogP contribution in [0.15, 0.2) is 29.2 Å². The van der Waals surface area contributed by atoms with Gasteiger partial charge in [0.2, 0.25) is 18.9 Å². The second-order valence-electron chi connectivity index (χ2n) is 4.46. The normalized spacial score (nSPS) is 12.0. The monoisotopic (exact) mass is 444 g/mol. The Hall–Kier alpha value is -1.17. The highest BCUT2D eigenvalue weighted by Gasteiger charge is 2.22. The van der Waals surface area contributed by atoms with E-state index in [-0.39, 0.29) is 10.0 Å². The molecule has 2 N–H and O–H groups in total. The van der Waals surface area contributed by atoms with Gasteiger partial charge in [0, 0.05) is 5.56 Å². The molecule has 13 heteroatoms. The first-order valence-corrected chi connectivity index (χ1v) is 9.92. The van der Waals surface area contributed by atoms with Crippen molar-refractivity contribution in [1.82, 2.24) is 14.9 Å². The summed E-state index contributed by atoms with van der Waals surface area (Å²) < 4.78 is 28.6. The lowest BCUT2D eigenvalue weighted by Crippen LogP contribution is -2.21. The number of alkyl halides is 3. The van der Waals surface area contributed by atoms with Gasteiger partial charge in [0.15, 0.2) is 0 Å². The van der Waals surface area contributed by atoms with Crippen LogP contribution in [-0.2, 0) is 14.8 Å². The maximum atomic E-state index is 11.7. The predicted octanol–water partition coefficient (Wildman–Crippen LogP) is 3.03. The van der Waals surface area contributed by atoms with Crippen LogP contribution in [0.5, 0.6) is 0 Å². The maximum absolute atomic E-state index is 11.7. The smallest absolute Gasteiger partial charge is 0.413 e. The molecule has 1 aromatic carbocycles. The van der Waals surface area contributed by atoms with Crippen molar-refractivity contribution in [3.05, 3.63) is 24.3 Å². The van der Waals surface area contributed by atoms with E-state index in [1.807, 2.05) is 0 Å². The summed E-state index contributed by atoms with van der Waals surface area (Å²) in [4.78, 5) is 11.7. The van der Waals surface area contributed by atoms with E-state index >= 15 is 0 Å². The van der Waals surface area contributed by atoms with Crippen molar-refractivity contribution in [2.45, 2.75) is 8.69 Å². The van der Waals surface area contributed by atoms with E-state index in [2.05, 4.69) is 20.2 Å². The minimum Gasteiger partial charge on any atom is -0.445 e. The molecule has 0 atom stereocenters. The number of nitrogens with one attached hydrogen (secondary N) is 2. The zero-order chi connectivity index (χ0) is 18.7. The van der Waals surface area contributed by atoms with Gasteiger partial charge in [0.1, 0.15) is 11.6 Å². The summed E-state index contributed by atoms with van der Waals surface area (Å²) in [6, 6.07) is 6.03. The molecule has 0 bridgehead atoms. The molecule has 0 aliphatic rings. The summed E-state index contributed by atoms with van der Waals surface area (Å²) in [7, 11) is -2.19. The summed E-state index contributed by atoms with van der Waals surface area (Å²) in [5.41, 5.74) is 0.635. The topological polar surface area (TPSA) is 110 Å². The fraction of sp³-hybridized carbons (Fsp3) is 0.250. The molecule has 1 amide bonds. The van der Waals surface area contributed by atoms with Crippen molar-refractivity contribution in [2.75, 3.05) is 19.0 Å². The third-order valence-corrected chi connectivity index (χ3v) is 5.33. The zero-order valence-corrected chi connectivity index (χ0v) is 16.4. The van der Waals surface area contributed by atoms with E-state index in [0.29, 0.717) is 10.6 Å². The van der Waals surface area contributed by atoms with Crippen molar-refractivity contribution in [1.29, 1.82) is 0 Å². The molecule has 0 unspecified atom stereocenters. The lowest BCUT2D eigenvalue weighted by molar-refractivity contribution is 0.164. The molecule has 136 valence electrons. The lowest BCUT2D eigenvalue weighted by Gasteiger charge is -2.10. The van der Waals surface area contributed by atoms with Crippen LogP contribution in [-0.4, -0.2) is 42.2 Å². The van der Waals surface area contributed by atoms with Crippen LogP contribution in [0, 0.1) is 0 Å². The highest BCUT2D eigenvalue weighted by atomic mass is 35.6. The first-order chi connectivity index (χ1) is 11.6. The molecule has 2 rings (SSSR count). The van der Waals surface area contributed by atoms with Crippen LogP contribution in [0.2, 0.25) is 0 Å². The van der Waals surface area contributed by atoms with Crippen molar-refractivity contribution in [2.24, 2.45) is 0 Å². The lowest BCUT2D eigenvalue weighted by atomic mass is 10.2. The third kappa shape index (κ3) is 5.94. The number of rotatable bonds is 5. The van der Waals surface area contributed by atoms with Gasteiger partial charge in [-0.15, -0.1) is 10.2 Å². The van der Waals surface area contributed by atoms with Crippen LogP contribution in [0.3, 0.4) is 0 Å². The first-order valence-electron chi connectivity index (χ1n) is 6.49. The minimum atomic E-state index is -3.51. The Balaban J connectivity index is 2.05. The Labute approximate surface area is 162 Å². The first kappa shape index (κ1) is 20.1. The number of hydrogen-bond acceptors (Lipinski definition) is 7. The highest BCUT2D eigenvalue weighted by Crippen LogP contribution is 2.28. The molecular weight excluding hydrogens is 435 g/mol. The van der Waals surface area contributed by atoms with Gasteiger partial charge in [0.25, 0.3) is 0 Å². The Kier molecular flexibility index (Phi) is 6.46. The number of aromatic nitrogens is 2. The number of amides is 1. The molecular formula is C12H11Cl3N4O4S2. The van der Waals surface area contributed by atoms with Crippen LogP contribution in [0.1, 0.15) is 0 Å². The van der Waals surface area contributed by atoms with Crippen molar-refractivity contribution >= 4 is 67.4 Å². The number of hydrogen-bond donors (Lipinski definition) is 2. The van der Waals surface area contributed by atoms with Gasteiger partial charge in [-0.3, -0.25) is 5.32 Å². The fourth-order valence-electron chi connectivity index (χ4n) is 1.56. The Morgan fingerprint density at radius 3 is 2.44 bits per heavy atom. The van der Waals surface area contributed by atoms with Gasteiger partial charge in [0.05, 0.1) is 4.90 Å². The molecule has 0 fully saturated rings. The van der Waals surface area contributed by atoms with Gasteiger partial charge in [-0.05, 0) is 19.2 Å². The molecule has 1 heterocycles. The Morgan fingerprint density at radius 2 is 1.88 bits per heavy atom. The second-order valence-corrected chi connectivity index (χ2v) is 9.84. The van der Waals surface area contributed by atoms with Crippen LogP contribution in [0.25, 0.3) is 10.6 Å². The van der Waals surface area contributed by atoms with Crippen molar-refractivity contribution in [3.63, 3.8) is 0 Å². The molecule has 2 aromatic rings. The molecule has 0 aliphatic heterocycles. The summed E-state index contributed by atoms with van der Waals surface area (Å²) in [6.07, 6.45) is -0.843. The predicted molar refractivity (Wildman–Crippen MR) is 96.9 cm³/mol. The largest absolute Gasteiger partial charge is 0.445 e. The maximum Gasteiger partial charge on any atom is 0.413 e. The molecule has 0 saturated carbocycles. The van der Waals surface area contributed by atoms with Crippen LogP contribution < -0.4 is 10.0 Å². The van der Waals surface area contributed by atoms with Crippen LogP contribution >= 0.6 is 46.1 Å². The zero-order valence-electron chi connectivity index (χ0n) is 12.5. The number of nitrogens with zero attached hydrogens (tertiary/aromatic N) is 2. The second kappa shape index (κ2) is 8.02. The molecule has 0 saturated heterocycles. The van der Waals surface area contributed by atoms with Gasteiger partial charge >= 0.3 is 6.09 Å². The van der Waals surface area contributed by atoms with E-state index in [9.17, 15) is 13.2 Å². The number of sulfonamides is 1. The van der Waals surface area contributed by atoms with Gasteiger partial charge in [-0.25, -0.2) is 17.9 Å². The highest BCUT2D eigenvalue weighted by molar-refractivity contribution is 7.89. The molecule has 25 heavy (non-hydrogen) atoms. The molecule has 0 aliphatic carbocycles. The molecule has 0 spiro atoms. The number of carbonyl (C=O) groups is 1. The summed E-state index contributed by atoms with van der Waals surface area (Å²) in [5, 5.41) is 10.7. The average molecular weight is 446 g/mol. The Bertz CT molecular complexity index is 850. The van der Waals surface area contributed by atoms with Gasteiger partial charge < -0.3 is 4.74 Å². The third-order valence-electron chi connectivity index (χ3n) is 2.68. The summed E-state index contributed by atoms with van der Waals surface area (Å²) >= 11 is 17.5. The van der Waals surface area contributed by atoms with Crippen LogP contribution in [0.4, 0.5) is 9.93 Å². The molecule has 1 aromatic heterocycles. The minimum absolute atomic E-state index is 0.122. The number of carbonyl (C=O) groups excluding carboxylic acids is 1. The van der Waals surface area contributed by atoms with Gasteiger partial charge in [-0.1, -0.05) is 58.3 Å². The number of ether oxygens (including phenoxy) is 1. The number of halogens is 3. The van der Waals surface area contributed by atoms with E-state index in [4.69, 9.17) is 39.5 Å². The molecule has 0 radical (unpaired) electrons. The van der Waals surface area contributed by atoms with E-state index in [0.717, 1.165) is 11.3 Å². The van der Waals surface area contributed by atoms with E-state index in [1.54, 1.807) is 12.1 Å². The Morgan fingerprint density at radius 1 is 1.24 bits per heavy atom. The quantitative estimate of drug-likeness (QED) is 0.684. The fourth-order valence-corrected chi connectivity index (χ4v) is 3.18. The standard InChI is InChI=1S/C12H11Cl3N4O4S2/c1-16-25(21,22)8-4-2-7(3-5-8)9-18-19-10(24-9)17-11(20)23-6-12(13,14)15/h2-5,16H,6H2,1H3,(H,17,19,20). The number of benzene rings is 1. The van der Waals surface area contributed by atoms with E-state index in [1.165, 1.54) is 19.2 Å². The van der Waals surface area contributed by atoms with E-state index < -0.39 is 26.5 Å². The SMILES string of the molecule is CNS(=O)(=O)c1ccc(-c2nnc(NC(=O)OCC(Cl)(Cl)Cl)s2)cc1.